The molecule has 1 heterocycles. The summed E-state index contributed by atoms with van der Waals surface area (Å²) in [4.78, 5) is 28.7. The van der Waals surface area contributed by atoms with E-state index in [1.54, 1.807) is 0 Å². The van der Waals surface area contributed by atoms with Gasteiger partial charge in [-0.15, -0.1) is 0 Å². The van der Waals surface area contributed by atoms with E-state index >= 15 is 0 Å². The van der Waals surface area contributed by atoms with Crippen LogP contribution in [0.1, 0.15) is 41.3 Å². The van der Waals surface area contributed by atoms with Crippen LogP contribution in [0, 0.1) is 13.8 Å². The molecule has 2 aromatic rings. The molecule has 3 rings (SSSR count). The van der Waals surface area contributed by atoms with Crippen LogP contribution in [0.5, 0.6) is 0 Å². The summed E-state index contributed by atoms with van der Waals surface area (Å²) in [5.74, 6) is 0.0227. The number of hydrogen-bond donors (Lipinski definition) is 2. The van der Waals surface area contributed by atoms with Crippen LogP contribution in [0.15, 0.2) is 42.5 Å². The summed E-state index contributed by atoms with van der Waals surface area (Å²) in [6, 6.07) is 13.7. The predicted octanol–water partition coefficient (Wildman–Crippen LogP) is 3.88. The van der Waals surface area contributed by atoms with E-state index in [0.29, 0.717) is 12.0 Å². The maximum Gasteiger partial charge on any atom is 0.257 e. The van der Waals surface area contributed by atoms with Crippen LogP contribution in [-0.2, 0) is 4.79 Å². The smallest absolute Gasteiger partial charge is 0.257 e. The highest BCUT2D eigenvalue weighted by Crippen LogP contribution is 2.20. The summed E-state index contributed by atoms with van der Waals surface area (Å²) in [5, 5.41) is 6.07. The largest absolute Gasteiger partial charge is 0.368 e. The normalized spacial score (nSPS) is 13.6. The Morgan fingerprint density at radius 3 is 2.16 bits per heavy atom. The maximum atomic E-state index is 12.5. The van der Waals surface area contributed by atoms with Crippen LogP contribution in [0.25, 0.3) is 0 Å². The Bertz CT molecular complexity index is 930. The van der Waals surface area contributed by atoms with Crippen molar-refractivity contribution in [1.82, 2.24) is 10.2 Å². The second kappa shape index (κ2) is 10.4. The van der Waals surface area contributed by atoms with Crippen LogP contribution >= 0.6 is 12.2 Å². The average Bonchev–Trinajstić information content (AvgIpc) is 2.74. The molecule has 164 valence electrons. The van der Waals surface area contributed by atoms with E-state index < -0.39 is 0 Å². The minimum atomic E-state index is -0.226. The van der Waals surface area contributed by atoms with E-state index in [1.165, 1.54) is 0 Å². The van der Waals surface area contributed by atoms with Gasteiger partial charge in [0.05, 0.1) is 0 Å². The Labute approximate surface area is 189 Å². The molecule has 0 saturated carbocycles. The lowest BCUT2D eigenvalue weighted by Crippen LogP contribution is -2.48. The molecule has 1 aliphatic rings. The average molecular weight is 439 g/mol. The molecule has 1 saturated heterocycles. The molecular weight excluding hydrogens is 408 g/mol. The van der Waals surface area contributed by atoms with Gasteiger partial charge in [-0.3, -0.25) is 14.9 Å². The lowest BCUT2D eigenvalue weighted by atomic mass is 10.1. The van der Waals surface area contributed by atoms with Gasteiger partial charge in [-0.2, -0.15) is 0 Å². The van der Waals surface area contributed by atoms with Crippen molar-refractivity contribution >= 4 is 40.5 Å². The number of piperazine rings is 1. The van der Waals surface area contributed by atoms with E-state index in [2.05, 4.69) is 15.5 Å². The number of carbonyl (C=O) groups excluding carboxylic acids is 2. The van der Waals surface area contributed by atoms with Gasteiger partial charge < -0.3 is 15.1 Å². The molecule has 0 aliphatic carbocycles. The first-order chi connectivity index (χ1) is 14.9. The summed E-state index contributed by atoms with van der Waals surface area (Å²) in [6.07, 6.45) is 1.51. The molecule has 1 fully saturated rings. The van der Waals surface area contributed by atoms with Gasteiger partial charge in [0.15, 0.2) is 5.11 Å². The Morgan fingerprint density at radius 1 is 0.968 bits per heavy atom. The van der Waals surface area contributed by atoms with Crippen molar-refractivity contribution < 1.29 is 9.59 Å². The molecule has 0 aromatic heterocycles. The third-order valence-electron chi connectivity index (χ3n) is 5.30. The number of benzene rings is 2. The first-order valence-corrected chi connectivity index (χ1v) is 11.1. The summed E-state index contributed by atoms with van der Waals surface area (Å²) < 4.78 is 0. The number of carbonyl (C=O) groups is 2. The molecule has 1 aliphatic heterocycles. The van der Waals surface area contributed by atoms with Crippen LogP contribution in [-0.4, -0.2) is 48.0 Å². The summed E-state index contributed by atoms with van der Waals surface area (Å²) >= 11 is 5.30. The highest BCUT2D eigenvalue weighted by molar-refractivity contribution is 7.80. The molecule has 0 atom stereocenters. The van der Waals surface area contributed by atoms with Crippen molar-refractivity contribution in [3.05, 3.63) is 59.2 Å². The van der Waals surface area contributed by atoms with E-state index in [0.717, 1.165) is 55.1 Å². The number of thiocarbonyl (C=S) groups is 1. The van der Waals surface area contributed by atoms with E-state index in [1.807, 2.05) is 68.1 Å². The van der Waals surface area contributed by atoms with Gasteiger partial charge in [0, 0.05) is 49.5 Å². The van der Waals surface area contributed by atoms with Gasteiger partial charge in [-0.25, -0.2) is 0 Å². The number of aryl methyl sites for hydroxylation is 2. The number of rotatable bonds is 5. The molecule has 2 N–H and O–H groups in total. The molecular formula is C24H30N4O2S. The van der Waals surface area contributed by atoms with E-state index in [4.69, 9.17) is 12.2 Å². The van der Waals surface area contributed by atoms with Crippen LogP contribution in [0.4, 0.5) is 11.4 Å². The highest BCUT2D eigenvalue weighted by atomic mass is 32.1. The van der Waals surface area contributed by atoms with E-state index in [-0.39, 0.29) is 16.9 Å². The van der Waals surface area contributed by atoms with Crippen LogP contribution < -0.4 is 15.5 Å². The number of nitrogens with one attached hydrogen (secondary N) is 2. The fourth-order valence-electron chi connectivity index (χ4n) is 3.79. The fourth-order valence-corrected chi connectivity index (χ4v) is 4.00. The van der Waals surface area contributed by atoms with Crippen molar-refractivity contribution in [1.29, 1.82) is 0 Å². The van der Waals surface area contributed by atoms with Gasteiger partial charge in [0.1, 0.15) is 0 Å². The maximum absolute atomic E-state index is 12.5. The first-order valence-electron chi connectivity index (χ1n) is 10.7. The summed E-state index contributed by atoms with van der Waals surface area (Å²) in [6.45, 7) is 9.13. The molecule has 0 spiro atoms. The highest BCUT2D eigenvalue weighted by Gasteiger charge is 2.20. The number of amides is 2. The molecule has 2 aromatic carbocycles. The zero-order valence-corrected chi connectivity index (χ0v) is 19.2. The van der Waals surface area contributed by atoms with Gasteiger partial charge in [-0.05, 0) is 68.9 Å². The van der Waals surface area contributed by atoms with E-state index in [9.17, 15) is 9.59 Å². The summed E-state index contributed by atoms with van der Waals surface area (Å²) in [5.41, 5.74) is 4.59. The molecule has 2 amide bonds. The Morgan fingerprint density at radius 2 is 1.58 bits per heavy atom. The lowest BCUT2D eigenvalue weighted by molar-refractivity contribution is -0.131. The van der Waals surface area contributed by atoms with Gasteiger partial charge >= 0.3 is 0 Å². The molecule has 7 heteroatoms. The first kappa shape index (κ1) is 22.7. The van der Waals surface area contributed by atoms with Crippen LogP contribution in [0.3, 0.4) is 0 Å². The van der Waals surface area contributed by atoms with Gasteiger partial charge in [0.2, 0.25) is 5.91 Å². The summed E-state index contributed by atoms with van der Waals surface area (Å²) in [7, 11) is 0. The third-order valence-corrected chi connectivity index (χ3v) is 5.50. The lowest BCUT2D eigenvalue weighted by Gasteiger charge is -2.36. The Kier molecular flexibility index (Phi) is 7.63. The van der Waals surface area contributed by atoms with Crippen molar-refractivity contribution in [3.63, 3.8) is 0 Å². The van der Waals surface area contributed by atoms with Crippen LogP contribution in [0.2, 0.25) is 0 Å². The number of hydrogen-bond acceptors (Lipinski definition) is 4. The number of nitrogens with zero attached hydrogens (tertiary/aromatic N) is 2. The molecule has 0 unspecified atom stereocenters. The van der Waals surface area contributed by atoms with Crippen molar-refractivity contribution in [2.24, 2.45) is 0 Å². The number of anilines is 2. The second-order valence-electron chi connectivity index (χ2n) is 7.95. The zero-order valence-electron chi connectivity index (χ0n) is 18.4. The monoisotopic (exact) mass is 438 g/mol. The molecule has 6 nitrogen and oxygen atoms in total. The zero-order chi connectivity index (χ0) is 22.4. The fraction of sp³-hybridized carbons (Fsp3) is 0.375. The topological polar surface area (TPSA) is 64.7 Å². The molecule has 0 radical (unpaired) electrons. The minimum Gasteiger partial charge on any atom is -0.368 e. The Hall–Kier alpha value is -2.93. The van der Waals surface area contributed by atoms with Gasteiger partial charge in [0.25, 0.3) is 5.91 Å². The second-order valence-corrected chi connectivity index (χ2v) is 8.36. The van der Waals surface area contributed by atoms with Crippen molar-refractivity contribution in [2.75, 3.05) is 36.4 Å². The standard InChI is InChI=1S/C24H30N4O2S/c1-4-5-22(29)28-12-10-27(11-13-28)21-8-6-20(7-9-21)25-24(31)26-23(30)19-15-17(2)14-18(3)16-19/h6-9,14-16H,4-5,10-13H2,1-3H3,(H2,25,26,30,31). The molecule has 31 heavy (non-hydrogen) atoms. The molecule has 0 bridgehead atoms. The Balaban J connectivity index is 1.52. The SMILES string of the molecule is CCCC(=O)N1CCN(c2ccc(NC(=S)NC(=O)c3cc(C)cc(C)c3)cc2)CC1. The third kappa shape index (κ3) is 6.28. The van der Waals surface area contributed by atoms with Crippen molar-refractivity contribution in [3.8, 4) is 0 Å². The quantitative estimate of drug-likeness (QED) is 0.694. The van der Waals surface area contributed by atoms with Gasteiger partial charge in [-0.1, -0.05) is 24.1 Å². The minimum absolute atomic E-state index is 0.226. The van der Waals surface area contributed by atoms with Crippen molar-refractivity contribution in [2.45, 2.75) is 33.6 Å². The predicted molar refractivity (Wildman–Crippen MR) is 130 cm³/mol.